The van der Waals surface area contributed by atoms with Gasteiger partial charge in [0.15, 0.2) is 0 Å². The van der Waals surface area contributed by atoms with E-state index in [1.54, 1.807) is 6.92 Å². The van der Waals surface area contributed by atoms with Gasteiger partial charge in [0.1, 0.15) is 11.7 Å². The lowest BCUT2D eigenvalue weighted by atomic mass is 10.0. The third kappa shape index (κ3) is 3.43. The highest BCUT2D eigenvalue weighted by Gasteiger charge is 2.29. The smallest absolute Gasteiger partial charge is 0.271 e. The topological polar surface area (TPSA) is 67.2 Å². The predicted octanol–water partition coefficient (Wildman–Crippen LogP) is 2.08. The number of amides is 2. The largest absolute Gasteiger partial charge is 0.339 e. The second kappa shape index (κ2) is 7.13. The number of nitrogens with one attached hydrogen (secondary N) is 1. The van der Waals surface area contributed by atoms with Crippen molar-refractivity contribution in [1.29, 1.82) is 0 Å². The van der Waals surface area contributed by atoms with Gasteiger partial charge in [-0.3, -0.25) is 14.3 Å². The van der Waals surface area contributed by atoms with Crippen molar-refractivity contribution in [2.45, 2.75) is 58.7 Å². The molecule has 0 aliphatic carbocycles. The van der Waals surface area contributed by atoms with Crippen molar-refractivity contribution in [2.24, 2.45) is 0 Å². The van der Waals surface area contributed by atoms with E-state index in [1.807, 2.05) is 11.8 Å². The summed E-state index contributed by atoms with van der Waals surface area (Å²) in [7, 11) is 0. The Labute approximate surface area is 135 Å². The van der Waals surface area contributed by atoms with Crippen molar-refractivity contribution in [1.82, 2.24) is 20.0 Å². The van der Waals surface area contributed by atoms with E-state index < -0.39 is 6.04 Å². The number of carbonyl (C=O) groups is 2. The molecule has 122 valence electrons. The fourth-order valence-corrected chi connectivity index (χ4v) is 3.06. The number of hydrogen-bond acceptors (Lipinski definition) is 3. The quantitative estimate of drug-likeness (QED) is 0.921. The molecule has 22 heavy (non-hydrogen) atoms. The normalized spacial score (nSPS) is 19.8. The summed E-state index contributed by atoms with van der Waals surface area (Å²) in [6.07, 6.45) is 4.63. The summed E-state index contributed by atoms with van der Waals surface area (Å²) in [5.41, 5.74) is 0.301. The van der Waals surface area contributed by atoms with Gasteiger partial charge in [-0.25, -0.2) is 0 Å². The molecule has 1 aliphatic rings. The molecule has 1 aliphatic heterocycles. The molecule has 2 atom stereocenters. The van der Waals surface area contributed by atoms with Crippen LogP contribution in [0.25, 0.3) is 0 Å². The summed E-state index contributed by atoms with van der Waals surface area (Å²) in [6.45, 7) is 6.94. The number of likely N-dealkylation sites (tertiary alicyclic amines) is 1. The summed E-state index contributed by atoms with van der Waals surface area (Å²) in [4.78, 5) is 26.7. The summed E-state index contributed by atoms with van der Waals surface area (Å²) in [6, 6.07) is -0.352. The molecule has 0 saturated carbocycles. The minimum atomic E-state index is -0.579. The zero-order chi connectivity index (χ0) is 16.3. The van der Waals surface area contributed by atoms with Crippen LogP contribution in [-0.2, 0) is 11.3 Å². The van der Waals surface area contributed by atoms with Gasteiger partial charge in [-0.05, 0) is 40.0 Å². The molecule has 2 rings (SSSR count). The van der Waals surface area contributed by atoms with Gasteiger partial charge in [0.05, 0.1) is 11.2 Å². The van der Waals surface area contributed by atoms with E-state index in [9.17, 15) is 9.59 Å². The Bertz CT molecular complexity index is 558. The molecular weight excluding hydrogens is 304 g/mol. The first-order chi connectivity index (χ1) is 10.5. The van der Waals surface area contributed by atoms with Crippen molar-refractivity contribution in [3.05, 3.63) is 16.9 Å². The van der Waals surface area contributed by atoms with Crippen molar-refractivity contribution >= 4 is 23.4 Å². The SMILES string of the molecule is CCn1ncc(Cl)c1C(=O)NC(C)C(=O)N1CCCCC1C. The molecule has 1 aromatic heterocycles. The number of aromatic nitrogens is 2. The summed E-state index contributed by atoms with van der Waals surface area (Å²) in [5, 5.41) is 7.07. The van der Waals surface area contributed by atoms with E-state index in [2.05, 4.69) is 17.3 Å². The number of nitrogens with zero attached hydrogens (tertiary/aromatic N) is 3. The van der Waals surface area contributed by atoms with Crippen molar-refractivity contribution in [3.63, 3.8) is 0 Å². The van der Waals surface area contributed by atoms with E-state index in [-0.39, 0.29) is 17.9 Å². The molecule has 0 aromatic carbocycles. The molecule has 0 bridgehead atoms. The van der Waals surface area contributed by atoms with Gasteiger partial charge < -0.3 is 10.2 Å². The summed E-state index contributed by atoms with van der Waals surface area (Å²) >= 11 is 6.01. The molecule has 1 N–H and O–H groups in total. The number of rotatable bonds is 4. The average Bonchev–Trinajstić information content (AvgIpc) is 2.88. The Hall–Kier alpha value is -1.56. The van der Waals surface area contributed by atoms with Crippen LogP contribution in [-0.4, -0.2) is 45.1 Å². The van der Waals surface area contributed by atoms with E-state index in [0.29, 0.717) is 17.3 Å². The second-order valence-electron chi connectivity index (χ2n) is 5.73. The van der Waals surface area contributed by atoms with Crippen LogP contribution in [0.1, 0.15) is 50.5 Å². The lowest BCUT2D eigenvalue weighted by molar-refractivity contribution is -0.136. The second-order valence-corrected chi connectivity index (χ2v) is 6.14. The molecule has 0 spiro atoms. The van der Waals surface area contributed by atoms with E-state index in [4.69, 9.17) is 11.6 Å². The molecule has 1 saturated heterocycles. The van der Waals surface area contributed by atoms with Crippen LogP contribution < -0.4 is 5.32 Å². The third-order valence-electron chi connectivity index (χ3n) is 4.11. The van der Waals surface area contributed by atoms with Crippen molar-refractivity contribution < 1.29 is 9.59 Å². The zero-order valence-electron chi connectivity index (χ0n) is 13.3. The van der Waals surface area contributed by atoms with E-state index >= 15 is 0 Å². The van der Waals surface area contributed by atoms with Crippen LogP contribution in [0.2, 0.25) is 5.02 Å². The van der Waals surface area contributed by atoms with Gasteiger partial charge in [-0.15, -0.1) is 0 Å². The highest BCUT2D eigenvalue weighted by Crippen LogP contribution is 2.18. The molecule has 0 radical (unpaired) electrons. The predicted molar refractivity (Wildman–Crippen MR) is 84.9 cm³/mol. The lowest BCUT2D eigenvalue weighted by Gasteiger charge is -2.35. The van der Waals surface area contributed by atoms with Crippen molar-refractivity contribution in [3.8, 4) is 0 Å². The maximum atomic E-state index is 12.5. The number of carbonyl (C=O) groups excluding carboxylic acids is 2. The van der Waals surface area contributed by atoms with Crippen LogP contribution in [0, 0.1) is 0 Å². The van der Waals surface area contributed by atoms with Gasteiger partial charge >= 0.3 is 0 Å². The first-order valence-corrected chi connectivity index (χ1v) is 8.16. The van der Waals surface area contributed by atoms with Gasteiger partial charge in [0.2, 0.25) is 5.91 Å². The van der Waals surface area contributed by atoms with E-state index in [0.717, 1.165) is 25.8 Å². The lowest BCUT2D eigenvalue weighted by Crippen LogP contribution is -2.51. The number of hydrogen-bond donors (Lipinski definition) is 1. The fourth-order valence-electron chi connectivity index (χ4n) is 2.83. The first-order valence-electron chi connectivity index (χ1n) is 7.78. The maximum absolute atomic E-state index is 12.5. The third-order valence-corrected chi connectivity index (χ3v) is 4.39. The van der Waals surface area contributed by atoms with E-state index in [1.165, 1.54) is 10.9 Å². The van der Waals surface area contributed by atoms with Gasteiger partial charge in [0.25, 0.3) is 5.91 Å². The van der Waals surface area contributed by atoms with Gasteiger partial charge in [0, 0.05) is 19.1 Å². The number of aryl methyl sites for hydroxylation is 1. The highest BCUT2D eigenvalue weighted by molar-refractivity contribution is 6.33. The monoisotopic (exact) mass is 326 g/mol. The van der Waals surface area contributed by atoms with Gasteiger partial charge in [-0.2, -0.15) is 5.10 Å². The summed E-state index contributed by atoms with van der Waals surface area (Å²) < 4.78 is 1.53. The van der Waals surface area contributed by atoms with Crippen molar-refractivity contribution in [2.75, 3.05) is 6.54 Å². The minimum absolute atomic E-state index is 0.0424. The molecule has 7 heteroatoms. The Kier molecular flexibility index (Phi) is 5.45. The first kappa shape index (κ1) is 16.8. The fraction of sp³-hybridized carbons (Fsp3) is 0.667. The average molecular weight is 327 g/mol. The number of piperidine rings is 1. The Balaban J connectivity index is 2.04. The molecule has 2 amide bonds. The Morgan fingerprint density at radius 3 is 2.86 bits per heavy atom. The molecule has 2 unspecified atom stereocenters. The van der Waals surface area contributed by atoms with Gasteiger partial charge in [-0.1, -0.05) is 11.6 Å². The maximum Gasteiger partial charge on any atom is 0.271 e. The van der Waals surface area contributed by atoms with Crippen LogP contribution in [0.3, 0.4) is 0 Å². The zero-order valence-corrected chi connectivity index (χ0v) is 14.1. The Morgan fingerprint density at radius 2 is 2.23 bits per heavy atom. The van der Waals surface area contributed by atoms with Crippen LogP contribution >= 0.6 is 11.6 Å². The standard InChI is InChI=1S/C15H23ClN4O2/c1-4-20-13(12(16)9-17-20)14(21)18-11(3)15(22)19-8-6-5-7-10(19)2/h9-11H,4-8H2,1-3H3,(H,18,21). The Morgan fingerprint density at radius 1 is 1.50 bits per heavy atom. The van der Waals surface area contributed by atoms with Crippen LogP contribution in [0.5, 0.6) is 0 Å². The number of halogens is 1. The summed E-state index contributed by atoms with van der Waals surface area (Å²) in [5.74, 6) is -0.408. The molecule has 1 aromatic rings. The van der Waals surface area contributed by atoms with Crippen LogP contribution in [0.4, 0.5) is 0 Å². The van der Waals surface area contributed by atoms with Crippen LogP contribution in [0.15, 0.2) is 6.20 Å². The molecule has 6 nitrogen and oxygen atoms in total. The minimum Gasteiger partial charge on any atom is -0.339 e. The molecule has 2 heterocycles. The highest BCUT2D eigenvalue weighted by atomic mass is 35.5. The molecular formula is C15H23ClN4O2. The molecule has 1 fully saturated rings.